The molecule has 0 aromatic rings. The highest BCUT2D eigenvalue weighted by molar-refractivity contribution is 5.82. The highest BCUT2D eigenvalue weighted by atomic mass is 16.5. The van der Waals surface area contributed by atoms with E-state index >= 15 is 0 Å². The first-order valence-corrected chi connectivity index (χ1v) is 6.94. The Bertz CT molecular complexity index is 287. The summed E-state index contributed by atoms with van der Waals surface area (Å²) in [6.07, 6.45) is 3.30. The summed E-state index contributed by atoms with van der Waals surface area (Å²) >= 11 is 0. The molecule has 4 heteroatoms. The summed E-state index contributed by atoms with van der Waals surface area (Å²) < 4.78 is 5.70. The first-order chi connectivity index (χ1) is 8.23. The minimum atomic E-state index is -0.149. The molecule has 106 valence electrons. The van der Waals surface area contributed by atoms with Gasteiger partial charge in [-0.05, 0) is 33.2 Å². The molecule has 0 unspecified atom stereocenters. The summed E-state index contributed by atoms with van der Waals surface area (Å²) in [7, 11) is 0. The van der Waals surface area contributed by atoms with Crippen molar-refractivity contribution in [2.45, 2.75) is 52.6 Å². The van der Waals surface area contributed by atoms with Crippen LogP contribution in [0.5, 0.6) is 0 Å². The Morgan fingerprint density at radius 2 is 2.06 bits per heavy atom. The Morgan fingerprint density at radius 1 is 1.39 bits per heavy atom. The molecule has 0 aromatic carbocycles. The lowest BCUT2D eigenvalue weighted by atomic mass is 9.86. The average Bonchev–Trinajstić information content (AvgIpc) is 2.23. The van der Waals surface area contributed by atoms with Crippen LogP contribution in [0.1, 0.15) is 47.0 Å². The molecule has 1 heterocycles. The fourth-order valence-electron chi connectivity index (χ4n) is 2.34. The molecule has 0 bridgehead atoms. The van der Waals surface area contributed by atoms with Crippen molar-refractivity contribution in [1.82, 2.24) is 4.90 Å². The van der Waals surface area contributed by atoms with Crippen LogP contribution in [-0.2, 0) is 4.74 Å². The van der Waals surface area contributed by atoms with Gasteiger partial charge in [0, 0.05) is 18.5 Å². The van der Waals surface area contributed by atoms with Crippen molar-refractivity contribution in [3.8, 4) is 0 Å². The van der Waals surface area contributed by atoms with Gasteiger partial charge < -0.3 is 10.5 Å². The molecule has 1 aliphatic heterocycles. The number of unbranched alkanes of at least 4 members (excludes halogenated alkanes) is 1. The van der Waals surface area contributed by atoms with Gasteiger partial charge in [0.05, 0.1) is 18.0 Å². The summed E-state index contributed by atoms with van der Waals surface area (Å²) in [5.41, 5.74) is 5.44. The Hall–Kier alpha value is -0.610. The number of nitrogens with one attached hydrogen (secondary N) is 1. The summed E-state index contributed by atoms with van der Waals surface area (Å²) in [4.78, 5) is 2.48. The molecule has 18 heavy (non-hydrogen) atoms. The van der Waals surface area contributed by atoms with E-state index in [4.69, 9.17) is 15.9 Å². The van der Waals surface area contributed by atoms with Gasteiger partial charge in [0.25, 0.3) is 0 Å². The van der Waals surface area contributed by atoms with Crippen LogP contribution in [0.3, 0.4) is 0 Å². The highest BCUT2D eigenvalue weighted by Crippen LogP contribution is 2.23. The van der Waals surface area contributed by atoms with Gasteiger partial charge in [-0.2, -0.15) is 0 Å². The molecule has 3 N–H and O–H groups in total. The molecular weight excluding hydrogens is 226 g/mol. The molecule has 0 aliphatic carbocycles. The topological polar surface area (TPSA) is 62.3 Å². The molecule has 0 aromatic heterocycles. The van der Waals surface area contributed by atoms with Crippen LogP contribution in [0.4, 0.5) is 0 Å². The fraction of sp³-hybridized carbons (Fsp3) is 0.929. The molecule has 0 radical (unpaired) electrons. The van der Waals surface area contributed by atoms with Crippen LogP contribution in [-0.4, -0.2) is 42.6 Å². The predicted molar refractivity (Wildman–Crippen MR) is 76.0 cm³/mol. The molecule has 0 atom stereocenters. The van der Waals surface area contributed by atoms with Gasteiger partial charge in [-0.15, -0.1) is 0 Å². The number of hydrogen-bond acceptors (Lipinski definition) is 3. The zero-order valence-corrected chi connectivity index (χ0v) is 12.4. The monoisotopic (exact) mass is 255 g/mol. The fourth-order valence-corrected chi connectivity index (χ4v) is 2.34. The lowest BCUT2D eigenvalue weighted by Crippen LogP contribution is -2.48. The van der Waals surface area contributed by atoms with Gasteiger partial charge in [-0.1, -0.05) is 20.3 Å². The molecule has 0 amide bonds. The van der Waals surface area contributed by atoms with Crippen LogP contribution in [0.15, 0.2) is 0 Å². The zero-order valence-electron chi connectivity index (χ0n) is 12.4. The lowest BCUT2D eigenvalue weighted by Gasteiger charge is -2.38. The van der Waals surface area contributed by atoms with Crippen molar-refractivity contribution in [3.63, 3.8) is 0 Å². The smallest absolute Gasteiger partial charge is 0.0963 e. The third-order valence-corrected chi connectivity index (χ3v) is 3.76. The maximum absolute atomic E-state index is 7.53. The Labute approximate surface area is 111 Å². The maximum atomic E-state index is 7.53. The van der Waals surface area contributed by atoms with E-state index in [9.17, 15) is 0 Å². The quantitative estimate of drug-likeness (QED) is 0.434. The van der Waals surface area contributed by atoms with Crippen molar-refractivity contribution in [3.05, 3.63) is 0 Å². The summed E-state index contributed by atoms with van der Waals surface area (Å²) in [5, 5.41) is 7.53. The predicted octanol–water partition coefficient (Wildman–Crippen LogP) is 2.23. The number of ether oxygens (including phenoxy) is 1. The second-order valence-corrected chi connectivity index (χ2v) is 6.64. The van der Waals surface area contributed by atoms with Gasteiger partial charge in [-0.3, -0.25) is 10.3 Å². The molecule has 1 saturated heterocycles. The molecule has 0 saturated carbocycles. The van der Waals surface area contributed by atoms with Crippen molar-refractivity contribution in [2.24, 2.45) is 11.1 Å². The van der Waals surface area contributed by atoms with Crippen molar-refractivity contribution >= 4 is 5.84 Å². The van der Waals surface area contributed by atoms with E-state index in [2.05, 4.69) is 18.7 Å². The van der Waals surface area contributed by atoms with Crippen LogP contribution in [0, 0.1) is 10.8 Å². The van der Waals surface area contributed by atoms with E-state index < -0.39 is 0 Å². The molecule has 1 aliphatic rings. The summed E-state index contributed by atoms with van der Waals surface area (Å²) in [5.74, 6) is 0.301. The van der Waals surface area contributed by atoms with Crippen molar-refractivity contribution in [1.29, 1.82) is 5.41 Å². The first-order valence-electron chi connectivity index (χ1n) is 6.94. The summed E-state index contributed by atoms with van der Waals surface area (Å²) in [6.45, 7) is 12.4. The van der Waals surface area contributed by atoms with Crippen LogP contribution in [0.2, 0.25) is 0 Å². The molecule has 0 spiro atoms. The average molecular weight is 255 g/mol. The molecule has 1 fully saturated rings. The van der Waals surface area contributed by atoms with Gasteiger partial charge >= 0.3 is 0 Å². The number of nitrogens with zero attached hydrogens (tertiary/aromatic N) is 1. The molecule has 1 rings (SSSR count). The second-order valence-electron chi connectivity index (χ2n) is 6.64. The van der Waals surface area contributed by atoms with Crippen LogP contribution in [0.25, 0.3) is 0 Å². The van der Waals surface area contributed by atoms with Gasteiger partial charge in [0.1, 0.15) is 0 Å². The van der Waals surface area contributed by atoms with Crippen LogP contribution < -0.4 is 5.73 Å². The van der Waals surface area contributed by atoms with E-state index in [1.807, 2.05) is 13.8 Å². The largest absolute Gasteiger partial charge is 0.387 e. The number of morpholine rings is 1. The SMILES string of the molecule is CC1(C)CN(CCCCC(C)(C)C(=N)N)CCO1. The number of hydrogen-bond donors (Lipinski definition) is 2. The standard InChI is InChI=1S/C14H29N3O/c1-13(2,12(15)16)7-5-6-8-17-9-10-18-14(3,4)11-17/h5-11H2,1-4H3,(H3,15,16). The van der Waals surface area contributed by atoms with E-state index in [0.717, 1.165) is 39.1 Å². The van der Waals surface area contributed by atoms with Crippen LogP contribution >= 0.6 is 0 Å². The molecule has 4 nitrogen and oxygen atoms in total. The third-order valence-electron chi connectivity index (χ3n) is 3.76. The third kappa shape index (κ3) is 4.94. The van der Waals surface area contributed by atoms with Gasteiger partial charge in [0.15, 0.2) is 0 Å². The maximum Gasteiger partial charge on any atom is 0.0963 e. The van der Waals surface area contributed by atoms with E-state index in [-0.39, 0.29) is 11.0 Å². The van der Waals surface area contributed by atoms with E-state index in [0.29, 0.717) is 5.84 Å². The zero-order chi connectivity index (χ0) is 13.8. The molecular formula is C14H29N3O. The van der Waals surface area contributed by atoms with Crippen molar-refractivity contribution in [2.75, 3.05) is 26.2 Å². The van der Waals surface area contributed by atoms with Crippen molar-refractivity contribution < 1.29 is 4.74 Å². The number of amidine groups is 1. The van der Waals surface area contributed by atoms with Gasteiger partial charge in [0.2, 0.25) is 0 Å². The summed E-state index contributed by atoms with van der Waals surface area (Å²) in [6, 6.07) is 0. The minimum absolute atomic E-state index is 0.00307. The first kappa shape index (κ1) is 15.4. The van der Waals surface area contributed by atoms with E-state index in [1.54, 1.807) is 0 Å². The Balaban J connectivity index is 2.20. The second kappa shape index (κ2) is 6.02. The normalized spacial score (nSPS) is 20.9. The highest BCUT2D eigenvalue weighted by Gasteiger charge is 2.27. The number of nitrogens with two attached hydrogens (primary N) is 1. The number of rotatable bonds is 6. The minimum Gasteiger partial charge on any atom is -0.387 e. The Morgan fingerprint density at radius 3 is 2.61 bits per heavy atom. The van der Waals surface area contributed by atoms with E-state index in [1.165, 1.54) is 6.42 Å². The Kier molecular flexibility index (Phi) is 5.17. The lowest BCUT2D eigenvalue weighted by molar-refractivity contribution is -0.0861. The van der Waals surface area contributed by atoms with Gasteiger partial charge in [-0.25, -0.2) is 0 Å².